The molecule has 1 saturated heterocycles. The lowest BCUT2D eigenvalue weighted by Crippen LogP contribution is -2.45. The molecule has 2 amide bonds. The lowest BCUT2D eigenvalue weighted by atomic mass is 10.1. The van der Waals surface area contributed by atoms with Crippen LogP contribution < -0.4 is 15.4 Å². The molecule has 0 bridgehead atoms. The summed E-state index contributed by atoms with van der Waals surface area (Å²) in [6, 6.07) is 7.86. The van der Waals surface area contributed by atoms with Crippen LogP contribution in [0.3, 0.4) is 0 Å². The monoisotopic (exact) mass is 571 g/mol. The van der Waals surface area contributed by atoms with Gasteiger partial charge in [-0.1, -0.05) is 25.0 Å². The van der Waals surface area contributed by atoms with Gasteiger partial charge in [0.25, 0.3) is 5.91 Å². The van der Waals surface area contributed by atoms with Crippen LogP contribution in [-0.2, 0) is 16.1 Å². The van der Waals surface area contributed by atoms with Crippen molar-refractivity contribution < 1.29 is 14.3 Å². The molecule has 0 radical (unpaired) electrons. The molecule has 1 aromatic rings. The van der Waals surface area contributed by atoms with Crippen LogP contribution in [0.1, 0.15) is 44.6 Å². The number of rotatable bonds is 8. The summed E-state index contributed by atoms with van der Waals surface area (Å²) >= 11 is 0. The first-order chi connectivity index (χ1) is 15.5. The number of likely N-dealkylation sites (N-methyl/N-ethyl adjacent to an activating group) is 1. The third-order valence-corrected chi connectivity index (χ3v) is 6.07. The van der Waals surface area contributed by atoms with Crippen molar-refractivity contribution in [3.8, 4) is 5.75 Å². The predicted molar refractivity (Wildman–Crippen MR) is 141 cm³/mol. The van der Waals surface area contributed by atoms with Crippen LogP contribution in [0.5, 0.6) is 5.75 Å². The standard InChI is InChI=1S/C24H37N5O3.HI/c1-4-25-24(27-20-12-13-29(16-20)23(31)19-9-5-6-10-19)26-15-18-8-7-11-21(14-18)32-17-22(30)28(2)3;/h7-8,11,14,19-20H,4-6,9-10,12-13,15-17H2,1-3H3,(H2,25,26,27);1H. The highest BCUT2D eigenvalue weighted by Gasteiger charge is 2.32. The molecule has 0 spiro atoms. The van der Waals surface area contributed by atoms with E-state index in [1.54, 1.807) is 14.1 Å². The van der Waals surface area contributed by atoms with Crippen LogP contribution in [0.15, 0.2) is 29.3 Å². The number of guanidine groups is 1. The summed E-state index contributed by atoms with van der Waals surface area (Å²) in [5.74, 6) is 1.89. The van der Waals surface area contributed by atoms with Gasteiger partial charge in [0.1, 0.15) is 5.75 Å². The Morgan fingerprint density at radius 2 is 1.97 bits per heavy atom. The predicted octanol–water partition coefficient (Wildman–Crippen LogP) is 2.62. The van der Waals surface area contributed by atoms with Gasteiger partial charge in [-0.15, -0.1) is 24.0 Å². The molecule has 2 fully saturated rings. The van der Waals surface area contributed by atoms with E-state index in [0.29, 0.717) is 18.2 Å². The number of nitrogens with zero attached hydrogens (tertiary/aromatic N) is 3. The Kier molecular flexibility index (Phi) is 11.2. The van der Waals surface area contributed by atoms with Gasteiger partial charge in [0.05, 0.1) is 6.54 Å². The first-order valence-corrected chi connectivity index (χ1v) is 11.7. The molecule has 1 aromatic carbocycles. The second-order valence-electron chi connectivity index (χ2n) is 8.81. The van der Waals surface area contributed by atoms with E-state index in [4.69, 9.17) is 9.73 Å². The molecule has 1 heterocycles. The number of halogens is 1. The molecule has 9 heteroatoms. The van der Waals surface area contributed by atoms with Gasteiger partial charge >= 0.3 is 0 Å². The molecule has 2 N–H and O–H groups in total. The molecule has 1 aliphatic heterocycles. The molecular formula is C24H38IN5O3. The van der Waals surface area contributed by atoms with Gasteiger partial charge in [0.15, 0.2) is 12.6 Å². The SMILES string of the molecule is CCNC(=NCc1cccc(OCC(=O)N(C)C)c1)NC1CCN(C(=O)C2CCCC2)C1.I. The number of aliphatic imine (C=N–C) groups is 1. The van der Waals surface area contributed by atoms with Crippen molar-refractivity contribution in [1.82, 2.24) is 20.4 Å². The Bertz CT molecular complexity index is 811. The van der Waals surface area contributed by atoms with Gasteiger partial charge in [-0.3, -0.25) is 9.59 Å². The van der Waals surface area contributed by atoms with Gasteiger partial charge in [-0.25, -0.2) is 4.99 Å². The Balaban J connectivity index is 0.00000385. The fourth-order valence-corrected chi connectivity index (χ4v) is 4.20. The molecule has 184 valence electrons. The lowest BCUT2D eigenvalue weighted by Gasteiger charge is -2.21. The van der Waals surface area contributed by atoms with Crippen molar-refractivity contribution in [1.29, 1.82) is 0 Å². The minimum Gasteiger partial charge on any atom is -0.484 e. The van der Waals surface area contributed by atoms with Crippen molar-refractivity contribution in [2.75, 3.05) is 40.3 Å². The minimum absolute atomic E-state index is 0. The van der Waals surface area contributed by atoms with Gasteiger partial charge in [-0.05, 0) is 43.9 Å². The van der Waals surface area contributed by atoms with Gasteiger partial charge in [-0.2, -0.15) is 0 Å². The normalized spacial score (nSPS) is 18.6. The molecule has 1 aliphatic carbocycles. The number of carbonyl (C=O) groups excluding carboxylic acids is 2. The number of benzene rings is 1. The van der Waals surface area contributed by atoms with Crippen LogP contribution >= 0.6 is 24.0 Å². The average Bonchev–Trinajstić information content (AvgIpc) is 3.48. The third-order valence-electron chi connectivity index (χ3n) is 6.07. The minimum atomic E-state index is -0.0796. The topological polar surface area (TPSA) is 86.3 Å². The van der Waals surface area contributed by atoms with Crippen molar-refractivity contribution in [3.63, 3.8) is 0 Å². The van der Waals surface area contributed by atoms with Crippen molar-refractivity contribution in [2.45, 2.75) is 51.6 Å². The Labute approximate surface area is 214 Å². The van der Waals surface area contributed by atoms with Crippen molar-refractivity contribution in [2.24, 2.45) is 10.9 Å². The first kappa shape index (κ1) is 27.2. The first-order valence-electron chi connectivity index (χ1n) is 11.7. The van der Waals surface area contributed by atoms with Gasteiger partial charge in [0, 0.05) is 45.7 Å². The summed E-state index contributed by atoms with van der Waals surface area (Å²) in [6.07, 6.45) is 5.39. The summed E-state index contributed by atoms with van der Waals surface area (Å²) in [5, 5.41) is 6.79. The van der Waals surface area contributed by atoms with Crippen molar-refractivity contribution in [3.05, 3.63) is 29.8 Å². The summed E-state index contributed by atoms with van der Waals surface area (Å²) in [4.78, 5) is 32.7. The summed E-state index contributed by atoms with van der Waals surface area (Å²) in [7, 11) is 3.42. The van der Waals surface area contributed by atoms with Crippen LogP contribution in [0.25, 0.3) is 0 Å². The van der Waals surface area contributed by atoms with E-state index in [1.807, 2.05) is 36.1 Å². The number of likely N-dealkylation sites (tertiary alicyclic amines) is 1. The maximum atomic E-state index is 12.7. The number of nitrogens with one attached hydrogen (secondary N) is 2. The Hall–Kier alpha value is -2.04. The summed E-state index contributed by atoms with van der Waals surface area (Å²) < 4.78 is 5.60. The van der Waals surface area contributed by atoms with Crippen LogP contribution in [0.4, 0.5) is 0 Å². The molecule has 2 aliphatic rings. The van der Waals surface area contributed by atoms with Crippen LogP contribution in [0, 0.1) is 5.92 Å². The zero-order chi connectivity index (χ0) is 22.9. The Morgan fingerprint density at radius 1 is 1.21 bits per heavy atom. The molecule has 1 unspecified atom stereocenters. The molecule has 1 saturated carbocycles. The summed E-state index contributed by atoms with van der Waals surface area (Å²) in [6.45, 7) is 4.87. The number of ether oxygens (including phenoxy) is 1. The molecule has 0 aromatic heterocycles. The fraction of sp³-hybridized carbons (Fsp3) is 0.625. The van der Waals surface area contributed by atoms with Gasteiger partial charge in [0.2, 0.25) is 5.91 Å². The smallest absolute Gasteiger partial charge is 0.259 e. The molecular weight excluding hydrogens is 533 g/mol. The molecule has 3 rings (SSSR count). The van der Waals surface area contributed by atoms with E-state index in [2.05, 4.69) is 10.6 Å². The van der Waals surface area contributed by atoms with E-state index in [-0.39, 0.29) is 48.5 Å². The van der Waals surface area contributed by atoms with E-state index in [1.165, 1.54) is 17.7 Å². The van der Waals surface area contributed by atoms with Gasteiger partial charge < -0.3 is 25.2 Å². The Morgan fingerprint density at radius 3 is 2.67 bits per heavy atom. The zero-order valence-electron chi connectivity index (χ0n) is 20.0. The largest absolute Gasteiger partial charge is 0.484 e. The maximum Gasteiger partial charge on any atom is 0.259 e. The van der Waals surface area contributed by atoms with Crippen molar-refractivity contribution >= 4 is 41.8 Å². The number of hydrogen-bond acceptors (Lipinski definition) is 4. The number of hydrogen-bond donors (Lipinski definition) is 2. The molecule has 8 nitrogen and oxygen atoms in total. The molecule has 33 heavy (non-hydrogen) atoms. The fourth-order valence-electron chi connectivity index (χ4n) is 4.20. The zero-order valence-corrected chi connectivity index (χ0v) is 22.3. The van der Waals surface area contributed by atoms with E-state index in [0.717, 1.165) is 50.4 Å². The highest BCUT2D eigenvalue weighted by atomic mass is 127. The maximum absolute atomic E-state index is 12.7. The quantitative estimate of drug-likeness (QED) is 0.285. The lowest BCUT2D eigenvalue weighted by molar-refractivity contribution is -0.134. The second kappa shape index (κ2) is 13.6. The highest BCUT2D eigenvalue weighted by molar-refractivity contribution is 14.0. The van der Waals surface area contributed by atoms with E-state index in [9.17, 15) is 9.59 Å². The van der Waals surface area contributed by atoms with Crippen LogP contribution in [-0.4, -0.2) is 74.0 Å². The van der Waals surface area contributed by atoms with E-state index >= 15 is 0 Å². The average molecular weight is 572 g/mol. The highest BCUT2D eigenvalue weighted by Crippen LogP contribution is 2.27. The number of amides is 2. The second-order valence-corrected chi connectivity index (χ2v) is 8.81. The number of carbonyl (C=O) groups is 2. The summed E-state index contributed by atoms with van der Waals surface area (Å²) in [5.41, 5.74) is 1.00. The molecule has 1 atom stereocenters. The third kappa shape index (κ3) is 8.35. The van der Waals surface area contributed by atoms with E-state index < -0.39 is 0 Å². The van der Waals surface area contributed by atoms with Crippen LogP contribution in [0.2, 0.25) is 0 Å².